The predicted octanol–water partition coefficient (Wildman–Crippen LogP) is 2.05. The van der Waals surface area contributed by atoms with Crippen LogP contribution in [0.2, 0.25) is 5.02 Å². The molecule has 0 fully saturated rings. The number of hydrogen-bond acceptors (Lipinski definition) is 3. The molecule has 0 spiro atoms. The lowest BCUT2D eigenvalue weighted by Crippen LogP contribution is -2.12. The van der Waals surface area contributed by atoms with Crippen molar-refractivity contribution < 1.29 is 0 Å². The number of rotatable bonds is 1. The van der Waals surface area contributed by atoms with Gasteiger partial charge in [-0.1, -0.05) is 41.4 Å². The van der Waals surface area contributed by atoms with Gasteiger partial charge in [-0.25, -0.2) is 9.89 Å². The molecule has 0 amide bonds. The second-order valence-corrected chi connectivity index (χ2v) is 4.38. The van der Waals surface area contributed by atoms with Crippen molar-refractivity contribution in [3.05, 3.63) is 51.5 Å². The molecule has 90 valence electrons. The third kappa shape index (κ3) is 1.60. The Hall–Kier alpha value is -2.14. The SMILES string of the molecule is Cc1ccc(-c2cnn3c(=O)[nH]nc3c2Cl)cc1. The van der Waals surface area contributed by atoms with Crippen LogP contribution in [0.4, 0.5) is 0 Å². The van der Waals surface area contributed by atoms with E-state index in [9.17, 15) is 4.79 Å². The summed E-state index contributed by atoms with van der Waals surface area (Å²) in [6.45, 7) is 2.01. The second kappa shape index (κ2) is 3.96. The summed E-state index contributed by atoms with van der Waals surface area (Å²) in [4.78, 5) is 11.3. The quantitative estimate of drug-likeness (QED) is 0.728. The molecule has 0 aliphatic heterocycles. The first kappa shape index (κ1) is 11.0. The number of fused-ring (bicyclic) bond motifs is 1. The van der Waals surface area contributed by atoms with E-state index in [-0.39, 0.29) is 0 Å². The van der Waals surface area contributed by atoms with Gasteiger partial charge in [0.05, 0.1) is 11.2 Å². The normalized spacial score (nSPS) is 11.0. The molecule has 0 saturated heterocycles. The van der Waals surface area contributed by atoms with E-state index < -0.39 is 5.69 Å². The topological polar surface area (TPSA) is 63.1 Å². The number of aryl methyl sites for hydroxylation is 1. The Balaban J connectivity index is 2.27. The molecule has 0 bridgehead atoms. The van der Waals surface area contributed by atoms with Crippen molar-refractivity contribution >= 4 is 17.2 Å². The van der Waals surface area contributed by atoms with Gasteiger partial charge in [-0.3, -0.25) is 0 Å². The summed E-state index contributed by atoms with van der Waals surface area (Å²) in [5.41, 5.74) is 2.79. The Labute approximate surface area is 107 Å². The predicted molar refractivity (Wildman–Crippen MR) is 68.8 cm³/mol. The summed E-state index contributed by atoms with van der Waals surface area (Å²) < 4.78 is 1.14. The number of aromatic amines is 1. The minimum Gasteiger partial charge on any atom is -0.244 e. The van der Waals surface area contributed by atoms with Crippen LogP contribution in [0.3, 0.4) is 0 Å². The number of nitrogens with zero attached hydrogens (tertiary/aromatic N) is 3. The van der Waals surface area contributed by atoms with E-state index in [4.69, 9.17) is 11.6 Å². The summed E-state index contributed by atoms with van der Waals surface area (Å²) in [5, 5.41) is 10.6. The maximum atomic E-state index is 11.3. The van der Waals surface area contributed by atoms with Gasteiger partial charge >= 0.3 is 5.69 Å². The van der Waals surface area contributed by atoms with E-state index in [0.29, 0.717) is 10.7 Å². The first-order chi connectivity index (χ1) is 8.66. The minimum absolute atomic E-state index is 0.333. The molecule has 3 rings (SSSR count). The first-order valence-electron chi connectivity index (χ1n) is 5.36. The number of hydrogen-bond donors (Lipinski definition) is 1. The number of aromatic nitrogens is 4. The average Bonchev–Trinajstić information content (AvgIpc) is 2.74. The van der Waals surface area contributed by atoms with Crippen LogP contribution in [0.1, 0.15) is 5.56 Å². The molecular weight excluding hydrogens is 252 g/mol. The van der Waals surface area contributed by atoms with Crippen molar-refractivity contribution in [1.82, 2.24) is 19.8 Å². The van der Waals surface area contributed by atoms with Gasteiger partial charge in [-0.2, -0.15) is 9.61 Å². The fraction of sp³-hybridized carbons (Fsp3) is 0.0833. The number of nitrogens with one attached hydrogen (secondary N) is 1. The summed E-state index contributed by atoms with van der Waals surface area (Å²) in [6.07, 6.45) is 1.57. The van der Waals surface area contributed by atoms with Gasteiger partial charge in [0, 0.05) is 5.56 Å². The molecule has 0 atom stereocenters. The molecule has 1 N–H and O–H groups in total. The largest absolute Gasteiger partial charge is 0.364 e. The Morgan fingerprint density at radius 2 is 2.00 bits per heavy atom. The van der Waals surface area contributed by atoms with Crippen molar-refractivity contribution in [2.45, 2.75) is 6.92 Å². The minimum atomic E-state index is -0.401. The molecule has 18 heavy (non-hydrogen) atoms. The molecule has 0 unspecified atom stereocenters. The van der Waals surface area contributed by atoms with E-state index in [0.717, 1.165) is 15.6 Å². The molecule has 0 saturated carbocycles. The van der Waals surface area contributed by atoms with Gasteiger partial charge in [-0.15, -0.1) is 5.10 Å². The number of H-pyrrole nitrogens is 1. The highest BCUT2D eigenvalue weighted by molar-refractivity contribution is 6.36. The standard InChI is InChI=1S/C12H9ClN4O/c1-7-2-4-8(5-3-7)9-6-14-17-11(10(9)13)15-16-12(17)18/h2-6H,1H3,(H,16,18). The molecule has 6 heteroatoms. The third-order valence-electron chi connectivity index (χ3n) is 2.75. The van der Waals surface area contributed by atoms with E-state index in [1.54, 1.807) is 6.20 Å². The maximum Gasteiger partial charge on any atom is 0.364 e. The summed E-state index contributed by atoms with van der Waals surface area (Å²) >= 11 is 6.25. The Morgan fingerprint density at radius 3 is 2.72 bits per heavy atom. The zero-order valence-corrected chi connectivity index (χ0v) is 10.3. The highest BCUT2D eigenvalue weighted by atomic mass is 35.5. The monoisotopic (exact) mass is 260 g/mol. The summed E-state index contributed by atoms with van der Waals surface area (Å²) in [7, 11) is 0. The lowest BCUT2D eigenvalue weighted by Gasteiger charge is -2.04. The Bertz CT molecular complexity index is 773. The van der Waals surface area contributed by atoms with Crippen molar-refractivity contribution in [2.24, 2.45) is 0 Å². The van der Waals surface area contributed by atoms with Gasteiger partial charge in [0.15, 0.2) is 5.65 Å². The highest BCUT2D eigenvalue weighted by Crippen LogP contribution is 2.28. The van der Waals surface area contributed by atoms with Crippen molar-refractivity contribution in [1.29, 1.82) is 0 Å². The van der Waals surface area contributed by atoms with Crippen LogP contribution >= 0.6 is 11.6 Å². The Morgan fingerprint density at radius 1 is 1.28 bits per heavy atom. The van der Waals surface area contributed by atoms with Gasteiger partial charge in [0.1, 0.15) is 0 Å². The summed E-state index contributed by atoms with van der Waals surface area (Å²) in [6, 6.07) is 7.90. The van der Waals surface area contributed by atoms with Crippen LogP contribution in [0.25, 0.3) is 16.8 Å². The second-order valence-electron chi connectivity index (χ2n) is 4.00. The molecular formula is C12H9ClN4O. The molecule has 5 nitrogen and oxygen atoms in total. The van der Waals surface area contributed by atoms with Crippen LogP contribution in [0.15, 0.2) is 35.3 Å². The van der Waals surface area contributed by atoms with E-state index in [2.05, 4.69) is 15.3 Å². The van der Waals surface area contributed by atoms with E-state index in [1.807, 2.05) is 31.2 Å². The van der Waals surface area contributed by atoms with Crippen LogP contribution < -0.4 is 5.69 Å². The Kier molecular flexibility index (Phi) is 2.41. The van der Waals surface area contributed by atoms with Crippen molar-refractivity contribution in [2.75, 3.05) is 0 Å². The molecule has 2 aromatic heterocycles. The fourth-order valence-electron chi connectivity index (χ4n) is 1.77. The van der Waals surface area contributed by atoms with Crippen molar-refractivity contribution in [3.63, 3.8) is 0 Å². The lowest BCUT2D eigenvalue weighted by atomic mass is 10.1. The van der Waals surface area contributed by atoms with Crippen LogP contribution in [0.5, 0.6) is 0 Å². The fourth-order valence-corrected chi connectivity index (χ4v) is 2.05. The zero-order chi connectivity index (χ0) is 12.7. The molecule has 0 aliphatic carbocycles. The lowest BCUT2D eigenvalue weighted by molar-refractivity contribution is 0.880. The van der Waals surface area contributed by atoms with E-state index >= 15 is 0 Å². The average molecular weight is 261 g/mol. The maximum absolute atomic E-state index is 11.3. The van der Waals surface area contributed by atoms with Crippen LogP contribution in [0, 0.1) is 6.92 Å². The van der Waals surface area contributed by atoms with Gasteiger partial charge < -0.3 is 0 Å². The summed E-state index contributed by atoms with van der Waals surface area (Å²) in [5.74, 6) is 0. The molecule has 0 radical (unpaired) electrons. The van der Waals surface area contributed by atoms with Gasteiger partial charge in [-0.05, 0) is 12.5 Å². The van der Waals surface area contributed by atoms with Gasteiger partial charge in [0.2, 0.25) is 0 Å². The molecule has 1 aromatic carbocycles. The number of benzene rings is 1. The number of halogens is 1. The molecule has 0 aliphatic rings. The molecule has 2 heterocycles. The zero-order valence-electron chi connectivity index (χ0n) is 9.51. The van der Waals surface area contributed by atoms with Gasteiger partial charge in [0.25, 0.3) is 0 Å². The van der Waals surface area contributed by atoms with Crippen molar-refractivity contribution in [3.8, 4) is 11.1 Å². The highest BCUT2D eigenvalue weighted by Gasteiger charge is 2.12. The third-order valence-corrected chi connectivity index (χ3v) is 3.12. The van der Waals surface area contributed by atoms with Crippen LogP contribution in [-0.4, -0.2) is 19.8 Å². The van der Waals surface area contributed by atoms with Crippen LogP contribution in [-0.2, 0) is 0 Å². The smallest absolute Gasteiger partial charge is 0.244 e. The first-order valence-corrected chi connectivity index (χ1v) is 5.73. The molecule has 3 aromatic rings. The van der Waals surface area contributed by atoms with E-state index in [1.165, 1.54) is 5.56 Å².